The molecule has 7 nitrogen and oxygen atoms in total. The second kappa shape index (κ2) is 6.07. The molecule has 0 unspecified atom stereocenters. The molecule has 0 spiro atoms. The van der Waals surface area contributed by atoms with Crippen LogP contribution >= 0.6 is 0 Å². The van der Waals surface area contributed by atoms with Crippen molar-refractivity contribution in [2.45, 2.75) is 38.8 Å². The van der Waals surface area contributed by atoms with Crippen LogP contribution < -0.4 is 5.32 Å². The van der Waals surface area contributed by atoms with Gasteiger partial charge in [-0.1, -0.05) is 0 Å². The van der Waals surface area contributed by atoms with Gasteiger partial charge in [0.25, 0.3) is 0 Å². The van der Waals surface area contributed by atoms with Crippen molar-refractivity contribution < 1.29 is 29.0 Å². The summed E-state index contributed by atoms with van der Waals surface area (Å²) in [6.45, 7) is 4.95. The third-order valence-electron chi connectivity index (χ3n) is 1.56. The van der Waals surface area contributed by atoms with Crippen LogP contribution in [0.1, 0.15) is 27.2 Å². The lowest BCUT2D eigenvalue weighted by molar-refractivity contribution is -0.148. The lowest BCUT2D eigenvalue weighted by atomic mass is 10.2. The highest BCUT2D eigenvalue weighted by molar-refractivity contribution is 5.85. The molecule has 0 heterocycles. The van der Waals surface area contributed by atoms with Crippen molar-refractivity contribution in [2.24, 2.45) is 0 Å². The molecule has 0 aromatic rings. The molecule has 98 valence electrons. The smallest absolute Gasteiger partial charge is 0.408 e. The van der Waals surface area contributed by atoms with E-state index in [-0.39, 0.29) is 0 Å². The van der Waals surface area contributed by atoms with E-state index >= 15 is 0 Å². The number of carbonyl (C=O) groups is 3. The maximum Gasteiger partial charge on any atom is 0.408 e. The average Bonchev–Trinajstić information content (AvgIpc) is 2.11. The quantitative estimate of drug-likeness (QED) is 0.702. The molecule has 0 aromatic carbocycles. The first kappa shape index (κ1) is 15.2. The minimum atomic E-state index is -1.26. The fourth-order valence-corrected chi connectivity index (χ4v) is 0.960. The molecule has 0 rings (SSSR count). The van der Waals surface area contributed by atoms with Crippen LogP contribution in [0.15, 0.2) is 0 Å². The van der Waals surface area contributed by atoms with Gasteiger partial charge in [0, 0.05) is 0 Å². The van der Waals surface area contributed by atoms with Gasteiger partial charge in [0.2, 0.25) is 0 Å². The van der Waals surface area contributed by atoms with Gasteiger partial charge in [-0.3, -0.25) is 4.79 Å². The third kappa shape index (κ3) is 7.15. The van der Waals surface area contributed by atoms with Crippen LogP contribution in [0.2, 0.25) is 0 Å². The summed E-state index contributed by atoms with van der Waals surface area (Å²) in [6, 6.07) is -1.26. The monoisotopic (exact) mass is 247 g/mol. The summed E-state index contributed by atoms with van der Waals surface area (Å²) in [7, 11) is 1.11. The van der Waals surface area contributed by atoms with Crippen molar-refractivity contribution in [3.63, 3.8) is 0 Å². The Bertz CT molecular complexity index is 306. The minimum absolute atomic E-state index is 0.564. The van der Waals surface area contributed by atoms with Gasteiger partial charge < -0.3 is 19.9 Å². The maximum atomic E-state index is 11.3. The van der Waals surface area contributed by atoms with E-state index in [9.17, 15) is 14.4 Å². The Morgan fingerprint density at radius 2 is 1.82 bits per heavy atom. The highest BCUT2D eigenvalue weighted by atomic mass is 16.6. The highest BCUT2D eigenvalue weighted by Crippen LogP contribution is 2.07. The average molecular weight is 247 g/mol. The largest absolute Gasteiger partial charge is 0.481 e. The summed E-state index contributed by atoms with van der Waals surface area (Å²) in [5, 5.41) is 10.7. The molecule has 1 amide bonds. The van der Waals surface area contributed by atoms with Crippen molar-refractivity contribution in [1.29, 1.82) is 0 Å². The van der Waals surface area contributed by atoms with Crippen molar-refractivity contribution in [2.75, 3.05) is 7.11 Å². The summed E-state index contributed by atoms with van der Waals surface area (Å²) in [4.78, 5) is 33.0. The molecule has 0 saturated heterocycles. The number of carboxylic acid groups (broad SMARTS) is 1. The number of methoxy groups -OCH3 is 1. The first-order chi connectivity index (χ1) is 7.65. The predicted molar refractivity (Wildman–Crippen MR) is 57.4 cm³/mol. The van der Waals surface area contributed by atoms with Crippen molar-refractivity contribution >= 4 is 18.0 Å². The molecular formula is C10H17NO6. The zero-order chi connectivity index (χ0) is 13.6. The van der Waals surface area contributed by atoms with Crippen molar-refractivity contribution in [3.05, 3.63) is 0 Å². The molecule has 0 fully saturated rings. The Labute approximate surface area is 99.1 Å². The number of carboxylic acids is 1. The minimum Gasteiger partial charge on any atom is -0.481 e. The number of rotatable bonds is 4. The van der Waals surface area contributed by atoms with Crippen LogP contribution in [0, 0.1) is 0 Å². The second-order valence-electron chi connectivity index (χ2n) is 4.32. The number of carbonyl (C=O) groups excluding carboxylic acids is 2. The Morgan fingerprint density at radius 3 is 2.18 bits per heavy atom. The second-order valence-corrected chi connectivity index (χ2v) is 4.32. The van der Waals surface area contributed by atoms with Gasteiger partial charge in [0.05, 0.1) is 13.5 Å². The topological polar surface area (TPSA) is 102 Å². The van der Waals surface area contributed by atoms with Gasteiger partial charge in [0.15, 0.2) is 0 Å². The predicted octanol–water partition coefficient (Wildman–Crippen LogP) is 0.527. The van der Waals surface area contributed by atoms with Crippen molar-refractivity contribution in [1.82, 2.24) is 5.32 Å². The molecule has 0 aliphatic heterocycles. The Balaban J connectivity index is 4.48. The van der Waals surface area contributed by atoms with Crippen molar-refractivity contribution in [3.8, 4) is 0 Å². The standard InChI is InChI=1S/C10H17NO6/c1-10(2,3)17-9(15)11-6(5-7(12)13)8(14)16-4/h6H,5H2,1-4H3,(H,11,15)(H,12,13)/t6-/m0/s1. The lowest BCUT2D eigenvalue weighted by Gasteiger charge is -2.21. The van der Waals surface area contributed by atoms with Gasteiger partial charge >= 0.3 is 18.0 Å². The number of amides is 1. The van der Waals surface area contributed by atoms with Gasteiger partial charge in [-0.15, -0.1) is 0 Å². The first-order valence-electron chi connectivity index (χ1n) is 4.95. The normalized spacial score (nSPS) is 12.5. The van der Waals surface area contributed by atoms with Crippen LogP contribution in [0.3, 0.4) is 0 Å². The third-order valence-corrected chi connectivity index (χ3v) is 1.56. The molecular weight excluding hydrogens is 230 g/mol. The van der Waals surface area contributed by atoms with E-state index in [4.69, 9.17) is 9.84 Å². The van der Waals surface area contributed by atoms with Crippen LogP contribution in [-0.4, -0.2) is 41.9 Å². The van der Waals surface area contributed by atoms with E-state index in [0.29, 0.717) is 0 Å². The zero-order valence-corrected chi connectivity index (χ0v) is 10.3. The van der Waals surface area contributed by atoms with E-state index in [1.807, 2.05) is 0 Å². The number of aliphatic carboxylic acids is 1. The fourth-order valence-electron chi connectivity index (χ4n) is 0.960. The van der Waals surface area contributed by atoms with E-state index in [1.54, 1.807) is 20.8 Å². The van der Waals surface area contributed by atoms with Gasteiger partial charge in [-0.05, 0) is 20.8 Å². The van der Waals surface area contributed by atoms with E-state index < -0.39 is 36.1 Å². The molecule has 0 saturated carbocycles. The van der Waals surface area contributed by atoms with Gasteiger partial charge in [0.1, 0.15) is 11.6 Å². The lowest BCUT2D eigenvalue weighted by Crippen LogP contribution is -2.45. The summed E-state index contributed by atoms with van der Waals surface area (Å²) >= 11 is 0. The number of alkyl carbamates (subject to hydrolysis) is 1. The van der Waals surface area contributed by atoms with Gasteiger partial charge in [-0.25, -0.2) is 9.59 Å². The fraction of sp³-hybridized carbons (Fsp3) is 0.700. The zero-order valence-electron chi connectivity index (χ0n) is 10.3. The number of hydrogen-bond donors (Lipinski definition) is 2. The molecule has 1 atom stereocenters. The number of esters is 1. The van der Waals surface area contributed by atoms with Crippen LogP contribution in [-0.2, 0) is 19.1 Å². The van der Waals surface area contributed by atoms with Crippen LogP contribution in [0.4, 0.5) is 4.79 Å². The van der Waals surface area contributed by atoms with Crippen LogP contribution in [0.25, 0.3) is 0 Å². The number of ether oxygens (including phenoxy) is 2. The summed E-state index contributed by atoms with van der Waals surface area (Å²) < 4.78 is 9.27. The summed E-state index contributed by atoms with van der Waals surface area (Å²) in [5.74, 6) is -2.06. The molecule has 0 aliphatic rings. The Kier molecular flexibility index (Phi) is 5.43. The maximum absolute atomic E-state index is 11.3. The van der Waals surface area contributed by atoms with E-state index in [1.165, 1.54) is 0 Å². The molecule has 0 radical (unpaired) electrons. The first-order valence-corrected chi connectivity index (χ1v) is 4.95. The van der Waals surface area contributed by atoms with E-state index in [2.05, 4.69) is 10.1 Å². The number of hydrogen-bond acceptors (Lipinski definition) is 5. The van der Waals surface area contributed by atoms with Crippen LogP contribution in [0.5, 0.6) is 0 Å². The molecule has 0 bridgehead atoms. The summed E-state index contributed by atoms with van der Waals surface area (Å²) in [6.07, 6.45) is -1.43. The highest BCUT2D eigenvalue weighted by Gasteiger charge is 2.26. The molecule has 0 aliphatic carbocycles. The SMILES string of the molecule is COC(=O)[C@H](CC(=O)O)NC(=O)OC(C)(C)C. The van der Waals surface area contributed by atoms with Gasteiger partial charge in [-0.2, -0.15) is 0 Å². The van der Waals surface area contributed by atoms with E-state index in [0.717, 1.165) is 7.11 Å². The Morgan fingerprint density at radius 1 is 1.29 bits per heavy atom. The number of nitrogens with one attached hydrogen (secondary N) is 1. The summed E-state index contributed by atoms with van der Waals surface area (Å²) in [5.41, 5.74) is -0.728. The molecule has 17 heavy (non-hydrogen) atoms. The molecule has 7 heteroatoms. The Hall–Kier alpha value is -1.79. The molecule has 0 aromatic heterocycles. The molecule has 2 N–H and O–H groups in total.